The number of rotatable bonds is 51. The summed E-state index contributed by atoms with van der Waals surface area (Å²) in [5, 5.41) is 0. The molecule has 386 valence electrons. The number of carbonyl (C=O) groups is 3. The van der Waals surface area contributed by atoms with Crippen molar-refractivity contribution >= 4 is 17.9 Å². The van der Waals surface area contributed by atoms with E-state index in [0.717, 1.165) is 51.4 Å². The Balaban J connectivity index is 4.40. The van der Waals surface area contributed by atoms with Crippen LogP contribution in [-0.4, -0.2) is 37.2 Å². The van der Waals surface area contributed by atoms with Gasteiger partial charge in [0.15, 0.2) is 6.10 Å². The summed E-state index contributed by atoms with van der Waals surface area (Å²) in [6.07, 6.45) is 70.5. The van der Waals surface area contributed by atoms with E-state index in [1.165, 1.54) is 180 Å². The Kier molecular flexibility index (Phi) is 52.8. The molecule has 0 aromatic heterocycles. The first-order chi connectivity index (χ1) is 33.0. The van der Waals surface area contributed by atoms with Crippen molar-refractivity contribution in [3.05, 3.63) is 72.9 Å². The molecule has 0 aliphatic rings. The average molecular weight is 936 g/mol. The lowest BCUT2D eigenvalue weighted by Gasteiger charge is -2.18. The molecule has 0 saturated heterocycles. The van der Waals surface area contributed by atoms with Gasteiger partial charge in [0.05, 0.1) is 0 Å². The molecule has 67 heavy (non-hydrogen) atoms. The fourth-order valence-electron chi connectivity index (χ4n) is 8.06. The molecule has 6 nitrogen and oxygen atoms in total. The van der Waals surface area contributed by atoms with Gasteiger partial charge >= 0.3 is 17.9 Å². The number of hydrogen-bond donors (Lipinski definition) is 0. The molecule has 0 aliphatic heterocycles. The van der Waals surface area contributed by atoms with Gasteiger partial charge in [-0.05, 0) is 57.8 Å². The maximum absolute atomic E-state index is 12.8. The third kappa shape index (κ3) is 53.7. The van der Waals surface area contributed by atoms with Gasteiger partial charge in [-0.15, -0.1) is 0 Å². The minimum Gasteiger partial charge on any atom is -0.462 e. The smallest absolute Gasteiger partial charge is 0.306 e. The highest BCUT2D eigenvalue weighted by Gasteiger charge is 2.19. The van der Waals surface area contributed by atoms with Crippen molar-refractivity contribution in [3.63, 3.8) is 0 Å². The van der Waals surface area contributed by atoms with Gasteiger partial charge in [0.1, 0.15) is 13.2 Å². The van der Waals surface area contributed by atoms with E-state index in [0.29, 0.717) is 19.3 Å². The predicted octanol–water partition coefficient (Wildman–Crippen LogP) is 19.0. The van der Waals surface area contributed by atoms with Gasteiger partial charge in [-0.3, -0.25) is 14.4 Å². The molecule has 0 aromatic carbocycles. The second-order valence-electron chi connectivity index (χ2n) is 18.9. The van der Waals surface area contributed by atoms with E-state index < -0.39 is 6.10 Å². The van der Waals surface area contributed by atoms with Crippen LogP contribution in [0, 0.1) is 0 Å². The predicted molar refractivity (Wildman–Crippen MR) is 288 cm³/mol. The normalized spacial score (nSPS) is 12.6. The Morgan fingerprint density at radius 2 is 0.612 bits per heavy atom. The second-order valence-corrected chi connectivity index (χ2v) is 18.9. The zero-order valence-corrected chi connectivity index (χ0v) is 44.2. The van der Waals surface area contributed by atoms with E-state index in [2.05, 4.69) is 39.0 Å². The molecule has 0 aromatic rings. The Bertz CT molecular complexity index is 1260. The van der Waals surface area contributed by atoms with Crippen LogP contribution >= 0.6 is 0 Å². The number of hydrogen-bond acceptors (Lipinski definition) is 6. The molecule has 0 heterocycles. The molecule has 0 amide bonds. The quantitative estimate of drug-likeness (QED) is 0.0199. The summed E-state index contributed by atoms with van der Waals surface area (Å²) in [6.45, 7) is 6.45. The molecule has 0 radical (unpaired) electrons. The molecular weight excluding hydrogens is 829 g/mol. The van der Waals surface area contributed by atoms with Crippen molar-refractivity contribution in [1.82, 2.24) is 0 Å². The van der Waals surface area contributed by atoms with E-state index in [1.807, 2.05) is 54.7 Å². The molecule has 6 heteroatoms. The van der Waals surface area contributed by atoms with E-state index in [4.69, 9.17) is 14.2 Å². The van der Waals surface area contributed by atoms with Crippen molar-refractivity contribution < 1.29 is 28.6 Å². The summed E-state index contributed by atoms with van der Waals surface area (Å²) < 4.78 is 16.8. The van der Waals surface area contributed by atoms with Gasteiger partial charge in [-0.2, -0.15) is 0 Å². The van der Waals surface area contributed by atoms with E-state index in [1.54, 1.807) is 0 Å². The fourth-order valence-corrected chi connectivity index (χ4v) is 8.06. The number of esters is 3. The maximum Gasteiger partial charge on any atom is 0.306 e. The van der Waals surface area contributed by atoms with Crippen LogP contribution < -0.4 is 0 Å². The van der Waals surface area contributed by atoms with Gasteiger partial charge in [-0.25, -0.2) is 0 Å². The van der Waals surface area contributed by atoms with Crippen LogP contribution in [0.15, 0.2) is 72.9 Å². The van der Waals surface area contributed by atoms with E-state index in [-0.39, 0.29) is 37.5 Å². The van der Waals surface area contributed by atoms with Gasteiger partial charge in [-0.1, -0.05) is 273 Å². The van der Waals surface area contributed by atoms with Crippen molar-refractivity contribution in [2.75, 3.05) is 13.2 Å². The standard InChI is InChI=1S/C61H106O6/c1-4-7-10-13-16-19-22-25-27-29-30-32-33-36-39-42-45-48-51-54-60(63)66-57-58(56-65-59(62)53-50-47-44-41-38-35-24-21-18-15-12-9-6-3)67-61(64)55-52-49-46-43-40-37-34-31-28-26-23-20-17-14-11-8-5-2/h9,12,15,18,21,24,26,28,35,38,41,44,58H,4-8,10-11,13-14,16-17,19-20,22-23,25,27,29-34,36-37,39-40,42-43,45-57H2,1-3H3/b12-9+,18-15+,24-21+,28-26+,38-35+,44-41+. The van der Waals surface area contributed by atoms with Crippen LogP contribution in [-0.2, 0) is 28.6 Å². The van der Waals surface area contributed by atoms with Crippen LogP contribution in [0.5, 0.6) is 0 Å². The number of unbranched alkanes of at least 4 members (excludes halogenated alkanes) is 32. The summed E-state index contributed by atoms with van der Waals surface area (Å²) in [5.74, 6) is -0.970. The highest BCUT2D eigenvalue weighted by molar-refractivity contribution is 5.71. The molecule has 0 aliphatic carbocycles. The Hall–Kier alpha value is -3.15. The monoisotopic (exact) mass is 935 g/mol. The third-order valence-electron chi connectivity index (χ3n) is 12.3. The molecule has 0 fully saturated rings. The van der Waals surface area contributed by atoms with Crippen molar-refractivity contribution in [1.29, 1.82) is 0 Å². The third-order valence-corrected chi connectivity index (χ3v) is 12.3. The minimum atomic E-state index is -0.805. The second kappa shape index (κ2) is 55.4. The highest BCUT2D eigenvalue weighted by Crippen LogP contribution is 2.16. The molecule has 1 unspecified atom stereocenters. The Morgan fingerprint density at radius 3 is 1.00 bits per heavy atom. The zero-order chi connectivity index (χ0) is 48.6. The summed E-state index contributed by atoms with van der Waals surface area (Å²) in [5.41, 5.74) is 0. The highest BCUT2D eigenvalue weighted by atomic mass is 16.6. The SMILES string of the molecule is CC/C=C/C=C/C=C/C=C/C=C/CCCC(=O)OCC(COC(=O)CCCCCCCCCCCCCCCCCCCCC)OC(=O)CCCCCCCCC/C=C/CCCCCCCC. The Morgan fingerprint density at radius 1 is 0.313 bits per heavy atom. The first-order valence-corrected chi connectivity index (χ1v) is 28.5. The van der Waals surface area contributed by atoms with Crippen LogP contribution in [0.1, 0.15) is 278 Å². The lowest BCUT2D eigenvalue weighted by Crippen LogP contribution is -2.30. The van der Waals surface area contributed by atoms with Crippen molar-refractivity contribution in [3.8, 4) is 0 Å². The minimum absolute atomic E-state index is 0.0973. The summed E-state index contributed by atoms with van der Waals surface area (Å²) in [6, 6.07) is 0. The van der Waals surface area contributed by atoms with Crippen LogP contribution in [0.4, 0.5) is 0 Å². The van der Waals surface area contributed by atoms with Gasteiger partial charge in [0.2, 0.25) is 0 Å². The van der Waals surface area contributed by atoms with Gasteiger partial charge in [0, 0.05) is 19.3 Å². The summed E-state index contributed by atoms with van der Waals surface area (Å²) in [7, 11) is 0. The topological polar surface area (TPSA) is 78.9 Å². The van der Waals surface area contributed by atoms with Gasteiger partial charge < -0.3 is 14.2 Å². The maximum atomic E-state index is 12.8. The average Bonchev–Trinajstić information content (AvgIpc) is 3.33. The summed E-state index contributed by atoms with van der Waals surface area (Å²) >= 11 is 0. The van der Waals surface area contributed by atoms with Crippen LogP contribution in [0.25, 0.3) is 0 Å². The lowest BCUT2D eigenvalue weighted by molar-refractivity contribution is -0.167. The first-order valence-electron chi connectivity index (χ1n) is 28.5. The van der Waals surface area contributed by atoms with Crippen molar-refractivity contribution in [2.45, 2.75) is 284 Å². The molecule has 0 spiro atoms. The molecule has 0 N–H and O–H groups in total. The molecular formula is C61H106O6. The van der Waals surface area contributed by atoms with Crippen LogP contribution in [0.3, 0.4) is 0 Å². The van der Waals surface area contributed by atoms with E-state index in [9.17, 15) is 14.4 Å². The van der Waals surface area contributed by atoms with Crippen molar-refractivity contribution in [2.24, 2.45) is 0 Å². The first kappa shape index (κ1) is 63.8. The largest absolute Gasteiger partial charge is 0.462 e. The number of ether oxygens (including phenoxy) is 3. The fraction of sp³-hybridized carbons (Fsp3) is 0.754. The Labute approximate surface area is 414 Å². The van der Waals surface area contributed by atoms with Gasteiger partial charge in [0.25, 0.3) is 0 Å². The summed E-state index contributed by atoms with van der Waals surface area (Å²) in [4.78, 5) is 38.1. The zero-order valence-electron chi connectivity index (χ0n) is 44.2. The molecule has 0 saturated carbocycles. The number of allylic oxidation sites excluding steroid dienone is 12. The molecule has 0 bridgehead atoms. The molecule has 0 rings (SSSR count). The van der Waals surface area contributed by atoms with Crippen LogP contribution in [0.2, 0.25) is 0 Å². The lowest BCUT2D eigenvalue weighted by atomic mass is 10.0. The number of carbonyl (C=O) groups excluding carboxylic acids is 3. The molecule has 1 atom stereocenters. The van der Waals surface area contributed by atoms with E-state index >= 15 is 0 Å².